The molecule has 1 fully saturated rings. The molecule has 22 heavy (non-hydrogen) atoms. The zero-order valence-corrected chi connectivity index (χ0v) is 12.7. The van der Waals surface area contributed by atoms with Crippen LogP contribution in [0.4, 0.5) is 0 Å². The van der Waals surface area contributed by atoms with Crippen LogP contribution in [-0.2, 0) is 0 Å². The number of hydrogen-bond donors (Lipinski definition) is 4. The van der Waals surface area contributed by atoms with Gasteiger partial charge in [-0.3, -0.25) is 9.80 Å². The lowest BCUT2D eigenvalue weighted by Gasteiger charge is -2.36. The average Bonchev–Trinajstić information content (AvgIpc) is 3.23. The molecule has 1 aliphatic rings. The Hall–Kier alpha value is -1.60. The molecule has 120 valence electrons. The lowest BCUT2D eigenvalue weighted by molar-refractivity contribution is 0.0465. The van der Waals surface area contributed by atoms with Crippen LogP contribution in [0, 0.1) is 0 Å². The second-order valence-corrected chi connectivity index (χ2v) is 5.88. The summed E-state index contributed by atoms with van der Waals surface area (Å²) in [5, 5.41) is 20.3. The maximum atomic E-state index is 10.2. The van der Waals surface area contributed by atoms with Gasteiger partial charge >= 0.3 is 0 Å². The highest BCUT2D eigenvalue weighted by Gasteiger charge is 2.22. The van der Waals surface area contributed by atoms with Crippen LogP contribution in [0.3, 0.4) is 0 Å². The number of aliphatic hydroxyl groups excluding tert-OH is 2. The Morgan fingerprint density at radius 1 is 0.818 bits per heavy atom. The SMILES string of the molecule is OC(CN1CCN(CC(O)c2ccc[nH]2)CC1)c1ccc[nH]1. The van der Waals surface area contributed by atoms with Gasteiger partial charge in [-0.15, -0.1) is 0 Å². The normalized spacial score (nSPS) is 20.1. The summed E-state index contributed by atoms with van der Waals surface area (Å²) in [5.74, 6) is 0. The van der Waals surface area contributed by atoms with Crippen molar-refractivity contribution in [1.82, 2.24) is 19.8 Å². The van der Waals surface area contributed by atoms with Crippen LogP contribution in [0.25, 0.3) is 0 Å². The van der Waals surface area contributed by atoms with E-state index in [0.717, 1.165) is 37.6 Å². The van der Waals surface area contributed by atoms with E-state index in [4.69, 9.17) is 0 Å². The highest BCUT2D eigenvalue weighted by atomic mass is 16.3. The van der Waals surface area contributed by atoms with E-state index < -0.39 is 12.2 Å². The molecule has 0 radical (unpaired) electrons. The van der Waals surface area contributed by atoms with E-state index in [9.17, 15) is 10.2 Å². The second kappa shape index (κ2) is 7.11. The fourth-order valence-corrected chi connectivity index (χ4v) is 2.94. The van der Waals surface area contributed by atoms with E-state index in [1.165, 1.54) is 0 Å². The Labute approximate surface area is 130 Å². The van der Waals surface area contributed by atoms with Crippen molar-refractivity contribution in [3.8, 4) is 0 Å². The zero-order valence-electron chi connectivity index (χ0n) is 12.7. The molecule has 6 nitrogen and oxygen atoms in total. The van der Waals surface area contributed by atoms with Crippen molar-refractivity contribution < 1.29 is 10.2 Å². The maximum Gasteiger partial charge on any atom is 0.106 e. The first-order valence-corrected chi connectivity index (χ1v) is 7.80. The van der Waals surface area contributed by atoms with Crippen LogP contribution in [0.15, 0.2) is 36.7 Å². The van der Waals surface area contributed by atoms with Gasteiger partial charge in [-0.1, -0.05) is 0 Å². The van der Waals surface area contributed by atoms with Gasteiger partial charge in [-0.05, 0) is 24.3 Å². The molecule has 2 atom stereocenters. The molecular formula is C16H24N4O2. The molecule has 4 N–H and O–H groups in total. The van der Waals surface area contributed by atoms with Crippen LogP contribution >= 0.6 is 0 Å². The van der Waals surface area contributed by atoms with Crippen molar-refractivity contribution in [2.45, 2.75) is 12.2 Å². The molecule has 1 aliphatic heterocycles. The second-order valence-electron chi connectivity index (χ2n) is 5.88. The molecule has 0 spiro atoms. The fraction of sp³-hybridized carbons (Fsp3) is 0.500. The number of rotatable bonds is 6. The lowest BCUT2D eigenvalue weighted by Crippen LogP contribution is -2.48. The highest BCUT2D eigenvalue weighted by molar-refractivity contribution is 5.08. The molecule has 2 unspecified atom stereocenters. The van der Waals surface area contributed by atoms with Crippen molar-refractivity contribution in [1.29, 1.82) is 0 Å². The van der Waals surface area contributed by atoms with E-state index in [0.29, 0.717) is 13.1 Å². The number of nitrogens with one attached hydrogen (secondary N) is 2. The first kappa shape index (κ1) is 15.3. The fourth-order valence-electron chi connectivity index (χ4n) is 2.94. The molecule has 0 bridgehead atoms. The first-order valence-electron chi connectivity index (χ1n) is 7.80. The lowest BCUT2D eigenvalue weighted by atomic mass is 10.2. The zero-order chi connectivity index (χ0) is 15.4. The Morgan fingerprint density at radius 3 is 1.55 bits per heavy atom. The monoisotopic (exact) mass is 304 g/mol. The van der Waals surface area contributed by atoms with E-state index in [-0.39, 0.29) is 0 Å². The third kappa shape index (κ3) is 3.78. The minimum atomic E-state index is -0.467. The van der Waals surface area contributed by atoms with Gasteiger partial charge in [0.05, 0.1) is 0 Å². The Morgan fingerprint density at radius 2 is 1.23 bits per heavy atom. The van der Waals surface area contributed by atoms with E-state index in [1.807, 2.05) is 36.7 Å². The molecule has 3 heterocycles. The topological polar surface area (TPSA) is 78.5 Å². The van der Waals surface area contributed by atoms with Crippen LogP contribution in [0.1, 0.15) is 23.6 Å². The van der Waals surface area contributed by atoms with Gasteiger partial charge in [0.25, 0.3) is 0 Å². The number of β-amino-alcohol motifs (C(OH)–C–C–N with tert-alkyl or cyclic N) is 2. The maximum absolute atomic E-state index is 10.2. The highest BCUT2D eigenvalue weighted by Crippen LogP contribution is 2.16. The predicted octanol–water partition coefficient (Wildman–Crippen LogP) is 0.727. The van der Waals surface area contributed by atoms with Crippen molar-refractivity contribution in [3.63, 3.8) is 0 Å². The number of nitrogens with zero attached hydrogens (tertiary/aromatic N) is 2. The van der Waals surface area contributed by atoms with Gasteiger partial charge in [0.2, 0.25) is 0 Å². The first-order chi connectivity index (χ1) is 10.7. The van der Waals surface area contributed by atoms with Gasteiger partial charge in [0, 0.05) is 63.1 Å². The van der Waals surface area contributed by atoms with Crippen molar-refractivity contribution >= 4 is 0 Å². The number of aromatic amines is 2. The summed E-state index contributed by atoms with van der Waals surface area (Å²) in [6.45, 7) is 4.94. The summed E-state index contributed by atoms with van der Waals surface area (Å²) in [6.07, 6.45) is 2.73. The van der Waals surface area contributed by atoms with Gasteiger partial charge in [0.15, 0.2) is 0 Å². The number of aliphatic hydroxyl groups is 2. The minimum Gasteiger partial charge on any atom is -0.386 e. The Balaban J connectivity index is 1.42. The third-order valence-corrected chi connectivity index (χ3v) is 4.29. The van der Waals surface area contributed by atoms with E-state index in [1.54, 1.807) is 0 Å². The quantitative estimate of drug-likeness (QED) is 0.634. The van der Waals surface area contributed by atoms with Crippen molar-refractivity contribution in [2.75, 3.05) is 39.3 Å². The molecule has 1 saturated heterocycles. The summed E-state index contributed by atoms with van der Waals surface area (Å²) >= 11 is 0. The molecule has 0 aromatic carbocycles. The van der Waals surface area contributed by atoms with Crippen molar-refractivity contribution in [3.05, 3.63) is 48.0 Å². The molecule has 2 aromatic rings. The molecule has 0 amide bonds. The van der Waals surface area contributed by atoms with Gasteiger partial charge in [-0.25, -0.2) is 0 Å². The molecule has 3 rings (SSSR count). The van der Waals surface area contributed by atoms with Crippen molar-refractivity contribution in [2.24, 2.45) is 0 Å². The number of aromatic nitrogens is 2. The molecule has 0 aliphatic carbocycles. The number of H-pyrrole nitrogens is 2. The summed E-state index contributed by atoms with van der Waals surface area (Å²) in [7, 11) is 0. The van der Waals surface area contributed by atoms with Crippen LogP contribution in [-0.4, -0.2) is 69.2 Å². The molecule has 2 aromatic heterocycles. The van der Waals surface area contributed by atoms with Gasteiger partial charge < -0.3 is 20.2 Å². The average molecular weight is 304 g/mol. The summed E-state index contributed by atoms with van der Waals surface area (Å²) in [5.41, 5.74) is 1.73. The van der Waals surface area contributed by atoms with Crippen LogP contribution in [0.5, 0.6) is 0 Å². The number of piperazine rings is 1. The molecular weight excluding hydrogens is 280 g/mol. The smallest absolute Gasteiger partial charge is 0.106 e. The largest absolute Gasteiger partial charge is 0.386 e. The van der Waals surface area contributed by atoms with E-state index in [2.05, 4.69) is 19.8 Å². The van der Waals surface area contributed by atoms with E-state index >= 15 is 0 Å². The third-order valence-electron chi connectivity index (χ3n) is 4.29. The summed E-state index contributed by atoms with van der Waals surface area (Å²) in [4.78, 5) is 10.6. The predicted molar refractivity (Wildman–Crippen MR) is 84.4 cm³/mol. The van der Waals surface area contributed by atoms with Gasteiger partial charge in [-0.2, -0.15) is 0 Å². The van der Waals surface area contributed by atoms with Crippen LogP contribution in [0.2, 0.25) is 0 Å². The van der Waals surface area contributed by atoms with Gasteiger partial charge in [0.1, 0.15) is 12.2 Å². The molecule has 0 saturated carbocycles. The Kier molecular flexibility index (Phi) is 4.94. The molecule has 6 heteroatoms. The standard InChI is InChI=1S/C16H24N4O2/c21-15(13-3-1-5-17-13)11-19-7-9-20(10-8-19)12-16(22)14-4-2-6-18-14/h1-6,15-18,21-22H,7-12H2. The number of hydrogen-bond acceptors (Lipinski definition) is 4. The van der Waals surface area contributed by atoms with Crippen LogP contribution < -0.4 is 0 Å². The summed E-state index contributed by atoms with van der Waals surface area (Å²) in [6, 6.07) is 7.62. The minimum absolute atomic E-state index is 0.467. The Bertz CT molecular complexity index is 482. The summed E-state index contributed by atoms with van der Waals surface area (Å²) < 4.78 is 0.